The SMILES string of the molecule is Cc1cc(-c2cc(C(=O)Nc3ccn(C)n3)c3cnn(C(C)C)c3n2)c(C)s1. The van der Waals surface area contributed by atoms with Gasteiger partial charge in [-0.15, -0.1) is 11.3 Å². The maximum absolute atomic E-state index is 13.1. The zero-order valence-electron chi connectivity index (χ0n) is 16.5. The van der Waals surface area contributed by atoms with Crippen LogP contribution in [0.1, 0.15) is 40.0 Å². The molecule has 0 aromatic carbocycles. The van der Waals surface area contributed by atoms with Crippen LogP contribution >= 0.6 is 11.3 Å². The van der Waals surface area contributed by atoms with Crippen LogP contribution in [-0.4, -0.2) is 30.5 Å². The highest BCUT2D eigenvalue weighted by atomic mass is 32.1. The molecule has 8 heteroatoms. The van der Waals surface area contributed by atoms with Crippen molar-refractivity contribution in [3.8, 4) is 11.3 Å². The minimum atomic E-state index is -0.222. The Bertz CT molecular complexity index is 1180. The number of hydrogen-bond donors (Lipinski definition) is 1. The second-order valence-corrected chi connectivity index (χ2v) is 8.59. The van der Waals surface area contributed by atoms with Gasteiger partial charge in [0, 0.05) is 40.7 Å². The molecule has 1 N–H and O–H groups in total. The summed E-state index contributed by atoms with van der Waals surface area (Å²) >= 11 is 1.73. The number of nitrogens with one attached hydrogen (secondary N) is 1. The molecule has 0 spiro atoms. The van der Waals surface area contributed by atoms with Crippen molar-refractivity contribution in [3.63, 3.8) is 0 Å². The van der Waals surface area contributed by atoms with Crippen molar-refractivity contribution in [3.05, 3.63) is 45.9 Å². The van der Waals surface area contributed by atoms with E-state index in [9.17, 15) is 4.79 Å². The summed E-state index contributed by atoms with van der Waals surface area (Å²) in [6.45, 7) is 8.25. The number of pyridine rings is 1. The Hall–Kier alpha value is -3.00. The van der Waals surface area contributed by atoms with Crippen LogP contribution in [-0.2, 0) is 7.05 Å². The summed E-state index contributed by atoms with van der Waals surface area (Å²) < 4.78 is 3.50. The van der Waals surface area contributed by atoms with Gasteiger partial charge in [-0.2, -0.15) is 10.2 Å². The van der Waals surface area contributed by atoms with Gasteiger partial charge in [0.1, 0.15) is 0 Å². The fraction of sp³-hybridized carbons (Fsp3) is 0.300. The zero-order valence-corrected chi connectivity index (χ0v) is 17.3. The Balaban J connectivity index is 1.88. The lowest BCUT2D eigenvalue weighted by Crippen LogP contribution is -2.14. The average Bonchev–Trinajstić information content (AvgIpc) is 3.32. The van der Waals surface area contributed by atoms with Crippen LogP contribution < -0.4 is 5.32 Å². The molecular formula is C20H22N6OS. The third-order valence-electron chi connectivity index (χ3n) is 4.57. The quantitative estimate of drug-likeness (QED) is 0.558. The molecule has 4 aromatic heterocycles. The number of hydrogen-bond acceptors (Lipinski definition) is 5. The first-order chi connectivity index (χ1) is 13.3. The molecule has 0 saturated carbocycles. The summed E-state index contributed by atoms with van der Waals surface area (Å²) in [5.41, 5.74) is 3.08. The van der Waals surface area contributed by atoms with Gasteiger partial charge in [0.25, 0.3) is 5.91 Å². The maximum atomic E-state index is 13.1. The minimum Gasteiger partial charge on any atom is -0.305 e. The summed E-state index contributed by atoms with van der Waals surface area (Å²) in [6.07, 6.45) is 3.50. The molecule has 0 unspecified atom stereocenters. The normalized spacial score (nSPS) is 11.5. The Morgan fingerprint density at radius 3 is 2.64 bits per heavy atom. The van der Waals surface area contributed by atoms with Crippen LogP contribution in [0.4, 0.5) is 5.82 Å². The number of carbonyl (C=O) groups excluding carboxylic acids is 1. The molecule has 4 rings (SSSR count). The smallest absolute Gasteiger partial charge is 0.257 e. The van der Waals surface area contributed by atoms with E-state index in [1.54, 1.807) is 34.5 Å². The second kappa shape index (κ2) is 6.87. The van der Waals surface area contributed by atoms with Crippen molar-refractivity contribution in [1.29, 1.82) is 0 Å². The number of amides is 1. The predicted octanol–water partition coefficient (Wildman–Crippen LogP) is 4.34. The number of thiophene rings is 1. The lowest BCUT2D eigenvalue weighted by atomic mass is 10.1. The first kappa shape index (κ1) is 18.4. The van der Waals surface area contributed by atoms with E-state index in [1.165, 1.54) is 9.75 Å². The summed E-state index contributed by atoms with van der Waals surface area (Å²) in [5.74, 6) is 0.290. The van der Waals surface area contributed by atoms with Gasteiger partial charge < -0.3 is 5.32 Å². The molecule has 144 valence electrons. The van der Waals surface area contributed by atoms with E-state index in [0.29, 0.717) is 17.0 Å². The second-order valence-electron chi connectivity index (χ2n) is 7.13. The zero-order chi connectivity index (χ0) is 20.0. The van der Waals surface area contributed by atoms with Crippen LogP contribution in [0.15, 0.2) is 30.6 Å². The van der Waals surface area contributed by atoms with Gasteiger partial charge in [-0.25, -0.2) is 9.67 Å². The van der Waals surface area contributed by atoms with Crippen LogP contribution in [0.25, 0.3) is 22.3 Å². The Kier molecular flexibility index (Phi) is 4.50. The lowest BCUT2D eigenvalue weighted by molar-refractivity contribution is 0.102. The molecular weight excluding hydrogens is 372 g/mol. The first-order valence-electron chi connectivity index (χ1n) is 9.10. The van der Waals surface area contributed by atoms with Gasteiger partial charge in [0.15, 0.2) is 11.5 Å². The molecule has 0 atom stereocenters. The Morgan fingerprint density at radius 1 is 1.25 bits per heavy atom. The Labute approximate surface area is 167 Å². The largest absolute Gasteiger partial charge is 0.305 e. The molecule has 0 aliphatic rings. The molecule has 0 saturated heterocycles. The molecule has 28 heavy (non-hydrogen) atoms. The highest BCUT2D eigenvalue weighted by molar-refractivity contribution is 7.12. The van der Waals surface area contributed by atoms with E-state index in [4.69, 9.17) is 4.98 Å². The van der Waals surface area contributed by atoms with E-state index in [1.807, 2.05) is 17.8 Å². The number of aryl methyl sites for hydroxylation is 3. The standard InChI is InChI=1S/C20H22N6OS/c1-11(2)26-19-16(10-21-26)15(20(27)23-18-6-7-25(5)24-18)9-17(22-19)14-8-12(3)28-13(14)4/h6-11H,1-5H3,(H,23,24,27). The summed E-state index contributed by atoms with van der Waals surface area (Å²) in [6, 6.07) is 5.87. The molecule has 0 fully saturated rings. The van der Waals surface area contributed by atoms with Crippen LogP contribution in [0.2, 0.25) is 0 Å². The van der Waals surface area contributed by atoms with Crippen molar-refractivity contribution < 1.29 is 4.79 Å². The van der Waals surface area contributed by atoms with Gasteiger partial charge in [-0.1, -0.05) is 0 Å². The van der Waals surface area contributed by atoms with Gasteiger partial charge in [0.2, 0.25) is 0 Å². The summed E-state index contributed by atoms with van der Waals surface area (Å²) in [5, 5.41) is 12.3. The number of nitrogens with zero attached hydrogens (tertiary/aromatic N) is 5. The average molecular weight is 395 g/mol. The van der Waals surface area contributed by atoms with Crippen LogP contribution in [0.5, 0.6) is 0 Å². The van der Waals surface area contributed by atoms with Crippen LogP contribution in [0.3, 0.4) is 0 Å². The molecule has 0 radical (unpaired) electrons. The molecule has 4 heterocycles. The molecule has 7 nitrogen and oxygen atoms in total. The fourth-order valence-electron chi connectivity index (χ4n) is 3.27. The highest BCUT2D eigenvalue weighted by Crippen LogP contribution is 2.32. The minimum absolute atomic E-state index is 0.136. The first-order valence-corrected chi connectivity index (χ1v) is 9.92. The third kappa shape index (κ3) is 3.20. The van der Waals surface area contributed by atoms with Crippen LogP contribution in [0, 0.1) is 13.8 Å². The molecule has 0 aliphatic heterocycles. The van der Waals surface area contributed by atoms with Crippen molar-refractivity contribution in [1.82, 2.24) is 24.5 Å². The number of rotatable bonds is 4. The number of fused-ring (bicyclic) bond motifs is 1. The van der Waals surface area contributed by atoms with E-state index < -0.39 is 0 Å². The fourth-order valence-corrected chi connectivity index (χ4v) is 4.21. The molecule has 0 aliphatic carbocycles. The van der Waals surface area contributed by atoms with Gasteiger partial charge in [-0.05, 0) is 39.8 Å². The Morgan fingerprint density at radius 2 is 2.04 bits per heavy atom. The number of anilines is 1. The monoisotopic (exact) mass is 394 g/mol. The molecule has 0 bridgehead atoms. The highest BCUT2D eigenvalue weighted by Gasteiger charge is 2.20. The van der Waals surface area contributed by atoms with Crippen molar-refractivity contribution in [2.75, 3.05) is 5.32 Å². The van der Waals surface area contributed by atoms with Gasteiger partial charge >= 0.3 is 0 Å². The molecule has 1 amide bonds. The van der Waals surface area contributed by atoms with Crippen molar-refractivity contribution in [2.24, 2.45) is 7.05 Å². The lowest BCUT2D eigenvalue weighted by Gasteiger charge is -2.10. The van der Waals surface area contributed by atoms with Gasteiger partial charge in [-0.3, -0.25) is 9.48 Å². The topological polar surface area (TPSA) is 77.6 Å². The maximum Gasteiger partial charge on any atom is 0.257 e. The van der Waals surface area contributed by atoms with E-state index in [0.717, 1.165) is 16.6 Å². The van der Waals surface area contributed by atoms with E-state index in [2.05, 4.69) is 49.3 Å². The van der Waals surface area contributed by atoms with E-state index >= 15 is 0 Å². The van der Waals surface area contributed by atoms with Crippen molar-refractivity contribution >= 4 is 34.1 Å². The van der Waals surface area contributed by atoms with E-state index in [-0.39, 0.29) is 11.9 Å². The summed E-state index contributed by atoms with van der Waals surface area (Å²) in [7, 11) is 1.81. The predicted molar refractivity (Wildman–Crippen MR) is 112 cm³/mol. The van der Waals surface area contributed by atoms with Crippen molar-refractivity contribution in [2.45, 2.75) is 33.7 Å². The summed E-state index contributed by atoms with van der Waals surface area (Å²) in [4.78, 5) is 20.3. The van der Waals surface area contributed by atoms with Gasteiger partial charge in [0.05, 0.1) is 22.8 Å². The number of carbonyl (C=O) groups is 1. The number of aromatic nitrogens is 5. The third-order valence-corrected chi connectivity index (χ3v) is 5.54. The molecule has 4 aromatic rings.